The van der Waals surface area contributed by atoms with Crippen molar-refractivity contribution in [1.29, 1.82) is 10.5 Å². The molecule has 8 aromatic carbocycles. The molecule has 0 spiro atoms. The predicted octanol–water partition coefficient (Wildman–Crippen LogP) is 13.5. The lowest BCUT2D eigenvalue weighted by molar-refractivity contribution is 0.744. The highest BCUT2D eigenvalue weighted by molar-refractivity contribution is 6.26. The molecule has 0 amide bonds. The molecule has 1 aliphatic heterocycles. The maximum Gasteiger partial charge on any atom is 0.101 e. The first kappa shape index (κ1) is 34.3. The molecular weight excluding hydrogens is 757 g/mol. The molecule has 2 unspecified atom stereocenters. The monoisotopic (exact) mass is 790 g/mol. The lowest BCUT2D eigenvalue weighted by atomic mass is 9.91. The normalized spacial score (nSPS) is 15.5. The van der Waals surface area contributed by atoms with Crippen molar-refractivity contribution in [2.75, 3.05) is 4.90 Å². The second-order valence-electron chi connectivity index (χ2n) is 16.2. The van der Waals surface area contributed by atoms with E-state index in [4.69, 9.17) is 0 Å². The first-order valence-corrected chi connectivity index (χ1v) is 21.0. The standard InChI is InChI=1S/C56H34N6/c57-33-35-32-52(62-46-24-12-8-20-40(46)42-28-30-50-54(56(42)62)44-22-10-14-26-48(44)60(50)38-17-5-2-6-18-38)36(34-58)31-51(35)61-45-23-11-7-19-39(45)41-27-29-49-53(55(41)61)43-21-9-13-25-47(43)59(49)37-15-3-1-4-16-37/h1-32,39,45H. The summed E-state index contributed by atoms with van der Waals surface area (Å²) in [6.07, 6.45) is 8.73. The summed E-state index contributed by atoms with van der Waals surface area (Å²) in [6.45, 7) is 0. The highest BCUT2D eigenvalue weighted by atomic mass is 15.2. The van der Waals surface area contributed by atoms with Gasteiger partial charge >= 0.3 is 0 Å². The molecule has 2 aliphatic rings. The van der Waals surface area contributed by atoms with E-state index < -0.39 is 0 Å². The Kier molecular flexibility index (Phi) is 7.17. The van der Waals surface area contributed by atoms with Crippen LogP contribution in [0, 0.1) is 22.7 Å². The maximum absolute atomic E-state index is 11.3. The summed E-state index contributed by atoms with van der Waals surface area (Å²) in [5, 5.41) is 29.3. The number of allylic oxidation sites excluding steroid dienone is 2. The molecule has 4 heterocycles. The van der Waals surface area contributed by atoms with E-state index in [1.165, 1.54) is 5.56 Å². The Bertz CT molecular complexity index is 3850. The summed E-state index contributed by atoms with van der Waals surface area (Å²) in [5.74, 6) is 0.0579. The largest absolute Gasteiger partial charge is 0.332 e. The Morgan fingerprint density at radius 3 is 1.60 bits per heavy atom. The van der Waals surface area contributed by atoms with Gasteiger partial charge in [-0.15, -0.1) is 0 Å². The van der Waals surface area contributed by atoms with Gasteiger partial charge in [0.25, 0.3) is 0 Å². The Balaban J connectivity index is 1.11. The van der Waals surface area contributed by atoms with Crippen molar-refractivity contribution in [3.63, 3.8) is 0 Å². The third kappa shape index (κ3) is 4.55. The number of nitriles is 2. The highest BCUT2D eigenvalue weighted by Crippen LogP contribution is 2.54. The van der Waals surface area contributed by atoms with Gasteiger partial charge in [0, 0.05) is 49.6 Å². The fraction of sp³-hybridized carbons (Fsp3) is 0.0357. The maximum atomic E-state index is 11.3. The fourth-order valence-electron chi connectivity index (χ4n) is 10.8. The van der Waals surface area contributed by atoms with Gasteiger partial charge in [0.1, 0.15) is 12.1 Å². The summed E-state index contributed by atoms with van der Waals surface area (Å²) in [4.78, 5) is 2.34. The minimum atomic E-state index is -0.0964. The molecule has 0 saturated carbocycles. The molecule has 6 heteroatoms. The van der Waals surface area contributed by atoms with Crippen molar-refractivity contribution in [3.05, 3.63) is 211 Å². The van der Waals surface area contributed by atoms with Gasteiger partial charge in [-0.05, 0) is 72.3 Å². The summed E-state index contributed by atoms with van der Waals surface area (Å²) < 4.78 is 6.89. The van der Waals surface area contributed by atoms with Crippen LogP contribution in [-0.2, 0) is 0 Å². The Morgan fingerprint density at radius 2 is 0.935 bits per heavy atom. The number of rotatable bonds is 4. The third-order valence-electron chi connectivity index (χ3n) is 13.2. The van der Waals surface area contributed by atoms with Crippen molar-refractivity contribution in [2.45, 2.75) is 12.0 Å². The van der Waals surface area contributed by atoms with Gasteiger partial charge in [-0.2, -0.15) is 10.5 Å². The Hall–Kier alpha value is -8.58. The molecule has 0 N–H and O–H groups in total. The quantitative estimate of drug-likeness (QED) is 0.178. The first-order chi connectivity index (χ1) is 30.7. The van der Waals surface area contributed by atoms with Crippen molar-refractivity contribution in [3.8, 4) is 29.2 Å². The first-order valence-electron chi connectivity index (χ1n) is 21.0. The van der Waals surface area contributed by atoms with Gasteiger partial charge in [0.2, 0.25) is 0 Å². The zero-order valence-electron chi connectivity index (χ0n) is 33.3. The van der Waals surface area contributed by atoms with Crippen LogP contribution >= 0.6 is 0 Å². The van der Waals surface area contributed by atoms with Crippen molar-refractivity contribution in [2.24, 2.45) is 0 Å². The van der Waals surface area contributed by atoms with Crippen LogP contribution < -0.4 is 4.90 Å². The second-order valence-corrected chi connectivity index (χ2v) is 16.2. The van der Waals surface area contributed by atoms with Crippen LogP contribution in [0.5, 0.6) is 0 Å². The molecule has 2 atom stereocenters. The molecule has 0 fully saturated rings. The van der Waals surface area contributed by atoms with E-state index in [9.17, 15) is 10.5 Å². The van der Waals surface area contributed by atoms with E-state index in [1.54, 1.807) is 0 Å². The van der Waals surface area contributed by atoms with Gasteiger partial charge in [0.05, 0.1) is 67.3 Å². The van der Waals surface area contributed by atoms with Crippen LogP contribution in [0.25, 0.3) is 82.5 Å². The van der Waals surface area contributed by atoms with Crippen molar-refractivity contribution in [1.82, 2.24) is 13.7 Å². The minimum absolute atomic E-state index is 0.0579. The molecule has 1 aliphatic carbocycles. The van der Waals surface area contributed by atoms with E-state index in [1.807, 2.05) is 24.3 Å². The zero-order valence-corrected chi connectivity index (χ0v) is 33.3. The lowest BCUT2D eigenvalue weighted by Gasteiger charge is -2.30. The van der Waals surface area contributed by atoms with E-state index in [0.717, 1.165) is 88.2 Å². The molecule has 6 nitrogen and oxygen atoms in total. The van der Waals surface area contributed by atoms with Crippen molar-refractivity contribution >= 4 is 76.8 Å². The third-order valence-corrected chi connectivity index (χ3v) is 13.2. The van der Waals surface area contributed by atoms with Crippen molar-refractivity contribution < 1.29 is 0 Å². The van der Waals surface area contributed by atoms with E-state index in [2.05, 4.69) is 201 Å². The van der Waals surface area contributed by atoms with Crippen LogP contribution in [0.4, 0.5) is 11.4 Å². The molecule has 0 saturated heterocycles. The van der Waals surface area contributed by atoms with Gasteiger partial charge < -0.3 is 18.6 Å². The number of anilines is 2. The van der Waals surface area contributed by atoms with Gasteiger partial charge in [-0.25, -0.2) is 0 Å². The molecule has 11 aromatic rings. The predicted molar refractivity (Wildman–Crippen MR) is 252 cm³/mol. The summed E-state index contributed by atoms with van der Waals surface area (Å²) in [7, 11) is 0. The number of hydrogen-bond donors (Lipinski definition) is 0. The van der Waals surface area contributed by atoms with E-state index in [0.29, 0.717) is 16.8 Å². The molecule has 62 heavy (non-hydrogen) atoms. The van der Waals surface area contributed by atoms with Crippen LogP contribution in [0.2, 0.25) is 0 Å². The lowest BCUT2D eigenvalue weighted by Crippen LogP contribution is -2.29. The summed E-state index contributed by atoms with van der Waals surface area (Å²) in [5.41, 5.74) is 13.2. The fourth-order valence-corrected chi connectivity index (χ4v) is 10.8. The molecule has 3 aromatic heterocycles. The number of nitrogens with zero attached hydrogens (tertiary/aromatic N) is 6. The molecule has 0 radical (unpaired) electrons. The highest BCUT2D eigenvalue weighted by Gasteiger charge is 2.41. The van der Waals surface area contributed by atoms with Crippen LogP contribution in [0.3, 0.4) is 0 Å². The average molecular weight is 791 g/mol. The Morgan fingerprint density at radius 1 is 0.419 bits per heavy atom. The number of fused-ring (bicyclic) bond motifs is 14. The molecular formula is C56H34N6. The number of para-hydroxylation sites is 5. The van der Waals surface area contributed by atoms with E-state index in [-0.39, 0.29) is 12.0 Å². The number of hydrogen-bond acceptors (Lipinski definition) is 3. The minimum Gasteiger partial charge on any atom is -0.332 e. The molecule has 13 rings (SSSR count). The summed E-state index contributed by atoms with van der Waals surface area (Å²) in [6, 6.07) is 64.6. The molecule has 0 bridgehead atoms. The number of aromatic nitrogens is 3. The second kappa shape index (κ2) is 13.0. The Labute approximate surface area is 356 Å². The SMILES string of the molecule is N#Cc1cc(-n2c3ccccc3c3ccc4c(c5ccccc5n4-c4ccccc4)c32)c(C#N)cc1N1c2c(ccc3c2c2ccccc2n3-c2ccccc2)C2C=CC=CC21. The van der Waals surface area contributed by atoms with Gasteiger partial charge in [-0.3, -0.25) is 0 Å². The number of benzene rings is 8. The van der Waals surface area contributed by atoms with Crippen LogP contribution in [-0.4, -0.2) is 19.7 Å². The smallest absolute Gasteiger partial charge is 0.101 e. The van der Waals surface area contributed by atoms with Gasteiger partial charge in [-0.1, -0.05) is 127 Å². The van der Waals surface area contributed by atoms with Gasteiger partial charge in [0.15, 0.2) is 0 Å². The topological polar surface area (TPSA) is 65.6 Å². The molecule has 288 valence electrons. The summed E-state index contributed by atoms with van der Waals surface area (Å²) >= 11 is 0. The average Bonchev–Trinajstić information content (AvgIpc) is 4.06. The zero-order chi connectivity index (χ0) is 41.1. The van der Waals surface area contributed by atoms with Crippen LogP contribution in [0.1, 0.15) is 22.6 Å². The van der Waals surface area contributed by atoms with E-state index >= 15 is 0 Å². The van der Waals surface area contributed by atoms with Crippen LogP contribution in [0.15, 0.2) is 194 Å².